The Morgan fingerprint density at radius 1 is 0.400 bits per heavy atom. The van der Waals surface area contributed by atoms with Gasteiger partial charge in [-0.05, 0) is 108 Å². The highest BCUT2D eigenvalue weighted by atomic mass is 35.5. The van der Waals surface area contributed by atoms with Gasteiger partial charge in [0.1, 0.15) is 0 Å². The Hall–Kier alpha value is -4.65. The standard InChI is InChI=1S/C39H25Cl/c1-24-6-8-26(9-7-24)34-16-12-27-15-19-37-35(17-13-28-14-18-36(34)38(27)39(28)37)32-21-31(22-33(40)23-32)30-11-10-25-4-2-3-5-29(25)20-30/h2-23H,1H3. The Labute approximate surface area is 238 Å². The van der Waals surface area contributed by atoms with Gasteiger partial charge in [-0.15, -0.1) is 0 Å². The summed E-state index contributed by atoms with van der Waals surface area (Å²) in [5, 5.41) is 10.9. The van der Waals surface area contributed by atoms with Crippen LogP contribution >= 0.6 is 11.6 Å². The molecule has 0 nitrogen and oxygen atoms in total. The van der Waals surface area contributed by atoms with E-state index < -0.39 is 0 Å². The van der Waals surface area contributed by atoms with E-state index >= 15 is 0 Å². The van der Waals surface area contributed by atoms with Crippen LogP contribution in [0.15, 0.2) is 133 Å². The lowest BCUT2D eigenvalue weighted by Crippen LogP contribution is -1.90. The molecule has 8 rings (SSSR count). The van der Waals surface area contributed by atoms with Gasteiger partial charge < -0.3 is 0 Å². The highest BCUT2D eigenvalue weighted by molar-refractivity contribution is 6.31. The molecule has 188 valence electrons. The van der Waals surface area contributed by atoms with E-state index in [1.165, 1.54) is 70.9 Å². The number of hydrogen-bond donors (Lipinski definition) is 0. The van der Waals surface area contributed by atoms with Crippen LogP contribution in [0.25, 0.3) is 76.5 Å². The molecule has 40 heavy (non-hydrogen) atoms. The molecule has 0 bridgehead atoms. The summed E-state index contributed by atoms with van der Waals surface area (Å²) in [5.41, 5.74) is 8.42. The van der Waals surface area contributed by atoms with Gasteiger partial charge >= 0.3 is 0 Å². The first-order chi connectivity index (χ1) is 19.6. The zero-order chi connectivity index (χ0) is 26.8. The Morgan fingerprint density at radius 3 is 1.65 bits per heavy atom. The molecule has 1 heteroatoms. The predicted molar refractivity (Wildman–Crippen MR) is 174 cm³/mol. The van der Waals surface area contributed by atoms with Gasteiger partial charge in [0.25, 0.3) is 0 Å². The summed E-state index contributed by atoms with van der Waals surface area (Å²) in [7, 11) is 0. The molecule has 0 radical (unpaired) electrons. The fourth-order valence-corrected chi connectivity index (χ4v) is 6.55. The van der Waals surface area contributed by atoms with Crippen molar-refractivity contribution in [3.05, 3.63) is 144 Å². The SMILES string of the molecule is Cc1ccc(-c2ccc3ccc4c(-c5cc(Cl)cc(-c6ccc7ccccc7c6)c5)ccc5ccc2c3c54)cc1. The van der Waals surface area contributed by atoms with Gasteiger partial charge in [-0.1, -0.05) is 126 Å². The molecule has 0 saturated heterocycles. The van der Waals surface area contributed by atoms with Crippen molar-refractivity contribution in [2.75, 3.05) is 0 Å². The molecule has 0 amide bonds. The van der Waals surface area contributed by atoms with E-state index in [9.17, 15) is 0 Å². The minimum atomic E-state index is 0.744. The van der Waals surface area contributed by atoms with Crippen molar-refractivity contribution in [1.29, 1.82) is 0 Å². The van der Waals surface area contributed by atoms with Gasteiger partial charge in [-0.2, -0.15) is 0 Å². The van der Waals surface area contributed by atoms with E-state index in [2.05, 4.69) is 140 Å². The van der Waals surface area contributed by atoms with Crippen molar-refractivity contribution in [2.45, 2.75) is 6.92 Å². The third-order valence-electron chi connectivity index (χ3n) is 8.32. The molecule has 0 saturated carbocycles. The van der Waals surface area contributed by atoms with Crippen LogP contribution in [0.3, 0.4) is 0 Å². The Bertz CT molecular complexity index is 2220. The van der Waals surface area contributed by atoms with Crippen LogP contribution in [-0.4, -0.2) is 0 Å². The summed E-state index contributed by atoms with van der Waals surface area (Å²) in [6, 6.07) is 48.5. The van der Waals surface area contributed by atoms with E-state index in [0.29, 0.717) is 0 Å². The van der Waals surface area contributed by atoms with E-state index in [1.807, 2.05) is 0 Å². The van der Waals surface area contributed by atoms with Crippen LogP contribution in [0.1, 0.15) is 5.56 Å². The summed E-state index contributed by atoms with van der Waals surface area (Å²) >= 11 is 6.77. The van der Waals surface area contributed by atoms with Crippen molar-refractivity contribution < 1.29 is 0 Å². The van der Waals surface area contributed by atoms with Crippen molar-refractivity contribution in [3.63, 3.8) is 0 Å². The molecule has 0 aromatic heterocycles. The number of benzene rings is 8. The third-order valence-corrected chi connectivity index (χ3v) is 8.54. The maximum absolute atomic E-state index is 6.77. The Morgan fingerprint density at radius 2 is 0.950 bits per heavy atom. The summed E-state index contributed by atoms with van der Waals surface area (Å²) in [5.74, 6) is 0. The molecule has 0 aliphatic rings. The van der Waals surface area contributed by atoms with Crippen molar-refractivity contribution in [2.24, 2.45) is 0 Å². The first kappa shape index (κ1) is 23.3. The molecule has 8 aromatic rings. The number of hydrogen-bond acceptors (Lipinski definition) is 0. The van der Waals surface area contributed by atoms with Crippen molar-refractivity contribution in [1.82, 2.24) is 0 Å². The lowest BCUT2D eigenvalue weighted by atomic mass is 9.87. The van der Waals surface area contributed by atoms with Crippen molar-refractivity contribution >= 4 is 54.7 Å². The molecular formula is C39H25Cl. The molecule has 0 atom stereocenters. The Balaban J connectivity index is 1.35. The van der Waals surface area contributed by atoms with E-state index in [0.717, 1.165) is 16.1 Å². The second-order valence-electron chi connectivity index (χ2n) is 10.8. The van der Waals surface area contributed by atoms with Gasteiger partial charge in [-0.3, -0.25) is 0 Å². The average Bonchev–Trinajstić information content (AvgIpc) is 2.99. The van der Waals surface area contributed by atoms with Crippen LogP contribution in [0, 0.1) is 6.92 Å². The topological polar surface area (TPSA) is 0 Å². The maximum Gasteiger partial charge on any atom is 0.0418 e. The smallest absolute Gasteiger partial charge is 0.0418 e. The Kier molecular flexibility index (Phi) is 5.20. The van der Waals surface area contributed by atoms with Crippen LogP contribution < -0.4 is 0 Å². The van der Waals surface area contributed by atoms with E-state index in [1.54, 1.807) is 0 Å². The first-order valence-electron chi connectivity index (χ1n) is 13.7. The van der Waals surface area contributed by atoms with Crippen LogP contribution in [0.4, 0.5) is 0 Å². The lowest BCUT2D eigenvalue weighted by molar-refractivity contribution is 1.47. The van der Waals surface area contributed by atoms with Crippen molar-refractivity contribution in [3.8, 4) is 33.4 Å². The van der Waals surface area contributed by atoms with E-state index in [-0.39, 0.29) is 0 Å². The fourth-order valence-electron chi connectivity index (χ4n) is 6.32. The number of halogens is 1. The second-order valence-corrected chi connectivity index (χ2v) is 11.2. The summed E-state index contributed by atoms with van der Waals surface area (Å²) < 4.78 is 0. The zero-order valence-electron chi connectivity index (χ0n) is 22.1. The monoisotopic (exact) mass is 528 g/mol. The summed E-state index contributed by atoms with van der Waals surface area (Å²) in [6.45, 7) is 2.14. The average molecular weight is 529 g/mol. The minimum Gasteiger partial charge on any atom is -0.0843 e. The van der Waals surface area contributed by atoms with Gasteiger partial charge in [0.15, 0.2) is 0 Å². The summed E-state index contributed by atoms with van der Waals surface area (Å²) in [6.07, 6.45) is 0. The number of aryl methyl sites for hydroxylation is 1. The molecule has 0 aliphatic heterocycles. The van der Waals surface area contributed by atoms with Gasteiger partial charge in [0.05, 0.1) is 0 Å². The molecule has 0 unspecified atom stereocenters. The fraction of sp³-hybridized carbons (Fsp3) is 0.0256. The highest BCUT2D eigenvalue weighted by Crippen LogP contribution is 2.43. The van der Waals surface area contributed by atoms with Gasteiger partial charge in [0.2, 0.25) is 0 Å². The quantitative estimate of drug-likeness (QED) is 0.200. The van der Waals surface area contributed by atoms with Crippen LogP contribution in [0.5, 0.6) is 0 Å². The molecular weight excluding hydrogens is 504 g/mol. The number of rotatable bonds is 3. The predicted octanol–water partition coefficient (Wildman–Crippen LogP) is 11.7. The first-order valence-corrected chi connectivity index (χ1v) is 14.1. The normalized spacial score (nSPS) is 11.8. The van der Waals surface area contributed by atoms with Gasteiger partial charge in [0, 0.05) is 5.02 Å². The van der Waals surface area contributed by atoms with Crippen LogP contribution in [0.2, 0.25) is 5.02 Å². The second kappa shape index (κ2) is 8.95. The third kappa shape index (κ3) is 3.68. The van der Waals surface area contributed by atoms with Gasteiger partial charge in [-0.25, -0.2) is 0 Å². The molecule has 0 spiro atoms. The molecule has 0 heterocycles. The largest absolute Gasteiger partial charge is 0.0843 e. The molecule has 8 aromatic carbocycles. The zero-order valence-corrected chi connectivity index (χ0v) is 22.8. The number of fused-ring (bicyclic) bond motifs is 1. The van der Waals surface area contributed by atoms with Crippen LogP contribution in [-0.2, 0) is 0 Å². The lowest BCUT2D eigenvalue weighted by Gasteiger charge is -2.17. The summed E-state index contributed by atoms with van der Waals surface area (Å²) in [4.78, 5) is 0. The molecule has 0 fully saturated rings. The highest BCUT2D eigenvalue weighted by Gasteiger charge is 2.15. The molecule has 0 N–H and O–H groups in total. The van der Waals surface area contributed by atoms with E-state index in [4.69, 9.17) is 11.6 Å². The maximum atomic E-state index is 6.77. The molecule has 0 aliphatic carbocycles. The minimum absolute atomic E-state index is 0.744.